The van der Waals surface area contributed by atoms with E-state index < -0.39 is 5.97 Å². The molecule has 0 aliphatic heterocycles. The van der Waals surface area contributed by atoms with Gasteiger partial charge in [-0.3, -0.25) is 0 Å². The van der Waals surface area contributed by atoms with Crippen molar-refractivity contribution in [1.29, 1.82) is 0 Å². The van der Waals surface area contributed by atoms with Crippen molar-refractivity contribution in [3.63, 3.8) is 0 Å². The van der Waals surface area contributed by atoms with E-state index in [4.69, 9.17) is 11.6 Å². The fourth-order valence-electron chi connectivity index (χ4n) is 2.34. The predicted molar refractivity (Wildman–Crippen MR) is 83.2 cm³/mol. The molecule has 0 saturated carbocycles. The highest BCUT2D eigenvalue weighted by Crippen LogP contribution is 2.29. The summed E-state index contributed by atoms with van der Waals surface area (Å²) in [5.74, 6) is -1.01. The summed E-state index contributed by atoms with van der Waals surface area (Å²) < 4.78 is 1.60. The standard InChI is InChI=1S/C17H12ClNO2/c18-13-10-16(17(20)21)19(11-13)15-9-5-4-8-14(15)12-6-2-1-3-7-12/h1-11H,(H,20,21). The van der Waals surface area contributed by atoms with Gasteiger partial charge in [-0.2, -0.15) is 0 Å². The molecule has 0 fully saturated rings. The number of nitrogens with zero attached hydrogens (tertiary/aromatic N) is 1. The number of carbonyl (C=O) groups is 1. The minimum absolute atomic E-state index is 0.142. The molecule has 0 saturated heterocycles. The van der Waals surface area contributed by atoms with Gasteiger partial charge in [-0.15, -0.1) is 0 Å². The van der Waals surface area contributed by atoms with Crippen LogP contribution in [0.25, 0.3) is 16.8 Å². The van der Waals surface area contributed by atoms with Crippen molar-refractivity contribution < 1.29 is 9.90 Å². The van der Waals surface area contributed by atoms with Gasteiger partial charge in [0.1, 0.15) is 5.69 Å². The first-order valence-electron chi connectivity index (χ1n) is 6.43. The van der Waals surface area contributed by atoms with Crippen LogP contribution in [0, 0.1) is 0 Å². The first-order valence-corrected chi connectivity index (χ1v) is 6.80. The van der Waals surface area contributed by atoms with Crippen LogP contribution in [0.4, 0.5) is 0 Å². The fraction of sp³-hybridized carbons (Fsp3) is 0. The Balaban J connectivity index is 2.23. The highest BCUT2D eigenvalue weighted by molar-refractivity contribution is 6.31. The minimum Gasteiger partial charge on any atom is -0.477 e. The van der Waals surface area contributed by atoms with E-state index in [0.717, 1.165) is 16.8 Å². The topological polar surface area (TPSA) is 42.2 Å². The van der Waals surface area contributed by atoms with E-state index in [1.54, 1.807) is 10.8 Å². The van der Waals surface area contributed by atoms with Crippen LogP contribution in [0.1, 0.15) is 10.5 Å². The number of hydrogen-bond acceptors (Lipinski definition) is 1. The average Bonchev–Trinajstić information content (AvgIpc) is 2.90. The summed E-state index contributed by atoms with van der Waals surface area (Å²) in [5.41, 5.74) is 2.90. The molecule has 2 aromatic carbocycles. The van der Waals surface area contributed by atoms with Gasteiger partial charge < -0.3 is 9.67 Å². The zero-order chi connectivity index (χ0) is 14.8. The van der Waals surface area contributed by atoms with Gasteiger partial charge in [-0.25, -0.2) is 4.79 Å². The lowest BCUT2D eigenvalue weighted by atomic mass is 10.0. The molecule has 104 valence electrons. The summed E-state index contributed by atoms with van der Waals surface area (Å²) in [7, 11) is 0. The summed E-state index contributed by atoms with van der Waals surface area (Å²) in [6, 6.07) is 18.9. The lowest BCUT2D eigenvalue weighted by Gasteiger charge is -2.12. The Hall–Kier alpha value is -2.52. The molecule has 4 heteroatoms. The number of carboxylic acids is 1. The van der Waals surface area contributed by atoms with Crippen molar-refractivity contribution in [1.82, 2.24) is 4.57 Å². The maximum absolute atomic E-state index is 11.4. The van der Waals surface area contributed by atoms with Gasteiger partial charge >= 0.3 is 5.97 Å². The van der Waals surface area contributed by atoms with E-state index in [1.165, 1.54) is 6.07 Å². The number of rotatable bonds is 3. The molecule has 0 aliphatic rings. The van der Waals surface area contributed by atoms with E-state index in [2.05, 4.69) is 0 Å². The summed E-state index contributed by atoms with van der Waals surface area (Å²) >= 11 is 5.97. The van der Waals surface area contributed by atoms with Gasteiger partial charge in [0.05, 0.1) is 10.7 Å². The molecule has 21 heavy (non-hydrogen) atoms. The van der Waals surface area contributed by atoms with Crippen molar-refractivity contribution >= 4 is 17.6 Å². The molecule has 1 heterocycles. The van der Waals surface area contributed by atoms with Crippen molar-refractivity contribution in [2.45, 2.75) is 0 Å². The summed E-state index contributed by atoms with van der Waals surface area (Å²) in [4.78, 5) is 11.4. The van der Waals surface area contributed by atoms with Gasteiger partial charge in [0.15, 0.2) is 0 Å². The Morgan fingerprint density at radius 2 is 1.67 bits per heavy atom. The Kier molecular flexibility index (Phi) is 3.50. The van der Waals surface area contributed by atoms with Crippen molar-refractivity contribution in [3.05, 3.63) is 77.6 Å². The van der Waals surface area contributed by atoms with Gasteiger partial charge in [-0.05, 0) is 17.7 Å². The number of benzene rings is 2. The third-order valence-corrected chi connectivity index (χ3v) is 3.46. The third-order valence-electron chi connectivity index (χ3n) is 3.25. The molecule has 3 rings (SSSR count). The Bertz CT molecular complexity index is 794. The first-order chi connectivity index (χ1) is 10.2. The quantitative estimate of drug-likeness (QED) is 0.773. The van der Waals surface area contributed by atoms with Gasteiger partial charge in [0, 0.05) is 11.8 Å². The SMILES string of the molecule is O=C(O)c1cc(Cl)cn1-c1ccccc1-c1ccccc1. The zero-order valence-corrected chi connectivity index (χ0v) is 11.8. The number of halogens is 1. The lowest BCUT2D eigenvalue weighted by molar-refractivity contribution is 0.0688. The second-order valence-corrected chi connectivity index (χ2v) is 5.04. The molecule has 0 radical (unpaired) electrons. The molecular weight excluding hydrogens is 286 g/mol. The highest BCUT2D eigenvalue weighted by atomic mass is 35.5. The van der Waals surface area contributed by atoms with Crippen molar-refractivity contribution in [2.75, 3.05) is 0 Å². The number of hydrogen-bond donors (Lipinski definition) is 1. The van der Waals surface area contributed by atoms with Crippen LogP contribution in [0.2, 0.25) is 5.02 Å². The van der Waals surface area contributed by atoms with Gasteiger partial charge in [-0.1, -0.05) is 60.1 Å². The van der Waals surface area contributed by atoms with Crippen LogP contribution >= 0.6 is 11.6 Å². The molecule has 3 nitrogen and oxygen atoms in total. The average molecular weight is 298 g/mol. The van der Waals surface area contributed by atoms with Gasteiger partial charge in [0.25, 0.3) is 0 Å². The number of aromatic nitrogens is 1. The molecule has 1 aromatic heterocycles. The second-order valence-electron chi connectivity index (χ2n) is 4.60. The molecule has 0 aliphatic carbocycles. The van der Waals surface area contributed by atoms with E-state index in [0.29, 0.717) is 5.02 Å². The summed E-state index contributed by atoms with van der Waals surface area (Å²) in [5, 5.41) is 9.72. The maximum Gasteiger partial charge on any atom is 0.352 e. The monoisotopic (exact) mass is 297 g/mol. The first kappa shape index (κ1) is 13.5. The van der Waals surface area contributed by atoms with Crippen LogP contribution in [-0.2, 0) is 0 Å². The van der Waals surface area contributed by atoms with Crippen LogP contribution in [-0.4, -0.2) is 15.6 Å². The second kappa shape index (κ2) is 5.46. The number of aromatic carboxylic acids is 1. The van der Waals surface area contributed by atoms with Crippen LogP contribution < -0.4 is 0 Å². The zero-order valence-electron chi connectivity index (χ0n) is 11.0. The Morgan fingerprint density at radius 3 is 2.38 bits per heavy atom. The molecule has 0 unspecified atom stereocenters. The van der Waals surface area contributed by atoms with Crippen molar-refractivity contribution in [2.24, 2.45) is 0 Å². The van der Waals surface area contributed by atoms with Crippen LogP contribution in [0.3, 0.4) is 0 Å². The smallest absolute Gasteiger partial charge is 0.352 e. The number of para-hydroxylation sites is 1. The summed E-state index contributed by atoms with van der Waals surface area (Å²) in [6.07, 6.45) is 1.62. The molecule has 0 spiro atoms. The highest BCUT2D eigenvalue weighted by Gasteiger charge is 2.15. The van der Waals surface area contributed by atoms with Crippen LogP contribution in [0.15, 0.2) is 66.9 Å². The molecule has 0 amide bonds. The minimum atomic E-state index is -1.01. The van der Waals surface area contributed by atoms with E-state index in [9.17, 15) is 9.90 Å². The number of carboxylic acid groups (broad SMARTS) is 1. The molecule has 1 N–H and O–H groups in total. The Labute approximate surface area is 127 Å². The Morgan fingerprint density at radius 1 is 1.00 bits per heavy atom. The molecule has 0 bridgehead atoms. The van der Waals surface area contributed by atoms with Crippen molar-refractivity contribution in [3.8, 4) is 16.8 Å². The predicted octanol–water partition coefficient (Wildman–Crippen LogP) is 4.50. The summed E-state index contributed by atoms with van der Waals surface area (Å²) in [6.45, 7) is 0. The third kappa shape index (κ3) is 2.56. The van der Waals surface area contributed by atoms with E-state index in [1.807, 2.05) is 54.6 Å². The fourth-order valence-corrected chi connectivity index (χ4v) is 2.54. The van der Waals surface area contributed by atoms with Gasteiger partial charge in [0.2, 0.25) is 0 Å². The lowest BCUT2D eigenvalue weighted by Crippen LogP contribution is -2.06. The van der Waals surface area contributed by atoms with E-state index >= 15 is 0 Å². The molecule has 0 atom stereocenters. The molecular formula is C17H12ClNO2. The maximum atomic E-state index is 11.4. The van der Waals surface area contributed by atoms with E-state index in [-0.39, 0.29) is 5.69 Å². The molecule has 3 aromatic rings. The largest absolute Gasteiger partial charge is 0.477 e. The van der Waals surface area contributed by atoms with Crippen LogP contribution in [0.5, 0.6) is 0 Å². The normalized spacial score (nSPS) is 10.5.